The van der Waals surface area contributed by atoms with Gasteiger partial charge in [0.2, 0.25) is 0 Å². The van der Waals surface area contributed by atoms with Crippen LogP contribution in [0.5, 0.6) is 0 Å². The van der Waals surface area contributed by atoms with Crippen molar-refractivity contribution in [1.82, 2.24) is 0 Å². The number of carboxylic acids is 1. The molecule has 0 amide bonds. The van der Waals surface area contributed by atoms with Crippen molar-refractivity contribution in [3.05, 3.63) is 0 Å². The van der Waals surface area contributed by atoms with Crippen molar-refractivity contribution in [3.8, 4) is 0 Å². The van der Waals surface area contributed by atoms with Gasteiger partial charge in [0.15, 0.2) is 0 Å². The molecule has 0 radical (unpaired) electrons. The molecule has 0 atom stereocenters. The first kappa shape index (κ1) is 7.29. The fourth-order valence-corrected chi connectivity index (χ4v) is 0.455. The maximum atomic E-state index is 9.75. The Morgan fingerprint density at radius 2 is 2.62 bits per heavy atom. The van der Waals surface area contributed by atoms with Crippen LogP contribution in [-0.2, 0) is 4.79 Å². The van der Waals surface area contributed by atoms with Crippen LogP contribution < -0.4 is 5.84 Å². The van der Waals surface area contributed by atoms with Gasteiger partial charge in [-0.05, 0) is 0 Å². The number of nitrogens with zero attached hydrogens (tertiary/aromatic N) is 1. The van der Waals surface area contributed by atoms with Gasteiger partial charge in [0.1, 0.15) is 0 Å². The van der Waals surface area contributed by atoms with Crippen molar-refractivity contribution in [2.45, 2.75) is 0 Å². The summed E-state index contributed by atoms with van der Waals surface area (Å²) in [6.45, 7) is 0. The predicted octanol–water partition coefficient (Wildman–Crippen LogP) is -0.294. The molecule has 3 N–H and O–H groups in total. The van der Waals surface area contributed by atoms with Crippen molar-refractivity contribution < 1.29 is 9.90 Å². The number of hydrogen-bond acceptors (Lipinski definition) is 4. The van der Waals surface area contributed by atoms with Gasteiger partial charge in [-0.3, -0.25) is 4.79 Å². The monoisotopic (exact) mass is 134 g/mol. The van der Waals surface area contributed by atoms with E-state index in [1.54, 1.807) is 0 Å². The van der Waals surface area contributed by atoms with Gasteiger partial charge in [0.25, 0.3) is 0 Å². The van der Waals surface area contributed by atoms with Crippen LogP contribution in [0.15, 0.2) is 5.10 Å². The smallest absolute Gasteiger partial charge is 0.313 e. The maximum Gasteiger partial charge on any atom is 0.313 e. The lowest BCUT2D eigenvalue weighted by Gasteiger charge is -1.82. The van der Waals surface area contributed by atoms with E-state index in [1.165, 1.54) is 5.55 Å². The van der Waals surface area contributed by atoms with Crippen LogP contribution in [0.1, 0.15) is 0 Å². The Hall–Kier alpha value is -0.710. The van der Waals surface area contributed by atoms with E-state index in [4.69, 9.17) is 5.11 Å². The summed E-state index contributed by atoms with van der Waals surface area (Å²) in [6, 6.07) is 0. The summed E-state index contributed by atoms with van der Waals surface area (Å²) in [6.07, 6.45) is 0. The molecule has 0 aliphatic carbocycles. The van der Waals surface area contributed by atoms with Gasteiger partial charge in [0, 0.05) is 0 Å². The molecule has 0 heterocycles. The maximum absolute atomic E-state index is 9.75. The summed E-state index contributed by atoms with van der Waals surface area (Å²) in [5.74, 6) is 3.82. The lowest BCUT2D eigenvalue weighted by molar-refractivity contribution is -0.133. The van der Waals surface area contributed by atoms with Gasteiger partial charge in [-0.15, -0.1) is 11.8 Å². The minimum absolute atomic E-state index is 0.0146. The Balaban J connectivity index is 3.05. The van der Waals surface area contributed by atoms with Gasteiger partial charge in [-0.25, -0.2) is 0 Å². The van der Waals surface area contributed by atoms with Crippen molar-refractivity contribution in [3.63, 3.8) is 0 Å². The average Bonchev–Trinajstić information content (AvgIpc) is 1.66. The van der Waals surface area contributed by atoms with Gasteiger partial charge < -0.3 is 10.9 Å². The second-order valence-corrected chi connectivity index (χ2v) is 1.79. The summed E-state index contributed by atoms with van der Waals surface area (Å²) in [4.78, 5) is 9.75. The summed E-state index contributed by atoms with van der Waals surface area (Å²) in [7, 11) is 0. The molecule has 0 aromatic carbocycles. The molecule has 0 saturated heterocycles. The average molecular weight is 134 g/mol. The number of hydrogen-bond donors (Lipinski definition) is 2. The molecule has 0 bridgehead atoms. The topological polar surface area (TPSA) is 75.7 Å². The third-order valence-electron chi connectivity index (χ3n) is 0.342. The molecule has 4 nitrogen and oxygen atoms in total. The second kappa shape index (κ2) is 4.45. The Labute approximate surface area is 50.8 Å². The first-order chi connectivity index (χ1) is 3.77. The number of carboxylic acid groups (broad SMARTS) is 1. The van der Waals surface area contributed by atoms with E-state index in [9.17, 15) is 4.79 Å². The van der Waals surface area contributed by atoms with E-state index >= 15 is 0 Å². The Morgan fingerprint density at radius 1 is 2.00 bits per heavy atom. The third kappa shape index (κ3) is 5.29. The zero-order valence-corrected chi connectivity index (χ0v) is 4.89. The minimum atomic E-state index is -0.866. The largest absolute Gasteiger partial charge is 0.481 e. The number of nitrogens with two attached hydrogens (primary N) is 1. The molecular formula is C3H6N2O2S. The van der Waals surface area contributed by atoms with Gasteiger partial charge in [-0.2, -0.15) is 5.10 Å². The minimum Gasteiger partial charge on any atom is -0.481 e. The highest BCUT2D eigenvalue weighted by Crippen LogP contribution is 1.90. The second-order valence-electron chi connectivity index (χ2n) is 0.959. The normalized spacial score (nSPS) is 10.0. The van der Waals surface area contributed by atoms with Crippen LogP contribution in [-0.4, -0.2) is 22.4 Å². The van der Waals surface area contributed by atoms with E-state index in [-0.39, 0.29) is 5.75 Å². The molecule has 5 heteroatoms. The highest BCUT2D eigenvalue weighted by atomic mass is 32.2. The van der Waals surface area contributed by atoms with E-state index < -0.39 is 5.97 Å². The number of aliphatic carboxylic acids is 1. The lowest BCUT2D eigenvalue weighted by atomic mass is 10.8. The van der Waals surface area contributed by atoms with E-state index in [2.05, 4.69) is 10.9 Å². The molecule has 0 aromatic rings. The number of rotatable bonds is 3. The number of thioether (sulfide) groups is 1. The quantitative estimate of drug-likeness (QED) is 0.240. The van der Waals surface area contributed by atoms with Gasteiger partial charge in [-0.1, -0.05) is 0 Å². The fraction of sp³-hybridized carbons (Fsp3) is 0.333. The Bertz CT molecular complexity index is 103. The van der Waals surface area contributed by atoms with Crippen LogP contribution in [0.4, 0.5) is 0 Å². The van der Waals surface area contributed by atoms with Crippen LogP contribution in [0.3, 0.4) is 0 Å². The molecule has 0 saturated carbocycles. The Kier molecular flexibility index (Phi) is 4.05. The molecule has 8 heavy (non-hydrogen) atoms. The number of hydrazone groups is 1. The lowest BCUT2D eigenvalue weighted by Crippen LogP contribution is -1.97. The number of carbonyl (C=O) groups is 1. The zero-order valence-electron chi connectivity index (χ0n) is 4.07. The fourth-order valence-electron chi connectivity index (χ4n) is 0.152. The van der Waals surface area contributed by atoms with Crippen molar-refractivity contribution >= 4 is 23.3 Å². The third-order valence-corrected chi connectivity index (χ3v) is 1.03. The summed E-state index contributed by atoms with van der Waals surface area (Å²) >= 11 is 1.05. The predicted molar refractivity (Wildman–Crippen MR) is 32.8 cm³/mol. The molecule has 0 aliphatic rings. The molecule has 0 fully saturated rings. The summed E-state index contributed by atoms with van der Waals surface area (Å²) < 4.78 is 0. The van der Waals surface area contributed by atoms with Crippen LogP contribution in [0.2, 0.25) is 0 Å². The van der Waals surface area contributed by atoms with E-state index in [1.807, 2.05) is 0 Å². The molecule has 0 spiro atoms. The molecular weight excluding hydrogens is 128 g/mol. The van der Waals surface area contributed by atoms with Crippen LogP contribution in [0.25, 0.3) is 0 Å². The molecule has 46 valence electrons. The standard InChI is InChI=1S/C3H6N2O2S/c4-5-2-8-1-3(6)7/h2H,1,4H2,(H,6,7)/b5-2+. The van der Waals surface area contributed by atoms with Gasteiger partial charge >= 0.3 is 5.97 Å². The van der Waals surface area contributed by atoms with E-state index in [0.29, 0.717) is 0 Å². The summed E-state index contributed by atoms with van der Waals surface area (Å²) in [5, 5.41) is 11.1. The molecule has 0 rings (SSSR count). The van der Waals surface area contributed by atoms with Crippen molar-refractivity contribution in [2.24, 2.45) is 10.9 Å². The SMILES string of the molecule is N/N=C/SCC(=O)O. The first-order valence-electron chi connectivity index (χ1n) is 1.82. The molecule has 0 aliphatic heterocycles. The molecule has 0 unspecified atom stereocenters. The van der Waals surface area contributed by atoms with E-state index in [0.717, 1.165) is 11.8 Å². The van der Waals surface area contributed by atoms with Gasteiger partial charge in [0.05, 0.1) is 11.3 Å². The molecule has 0 aromatic heterocycles. The van der Waals surface area contributed by atoms with Crippen molar-refractivity contribution in [2.75, 3.05) is 5.75 Å². The van der Waals surface area contributed by atoms with Crippen LogP contribution >= 0.6 is 11.8 Å². The summed E-state index contributed by atoms with van der Waals surface area (Å²) in [5.41, 5.74) is 1.29. The first-order valence-corrected chi connectivity index (χ1v) is 2.87. The highest BCUT2D eigenvalue weighted by Gasteiger charge is 1.91. The zero-order chi connectivity index (χ0) is 6.41. The van der Waals surface area contributed by atoms with Crippen molar-refractivity contribution in [1.29, 1.82) is 0 Å². The highest BCUT2D eigenvalue weighted by molar-refractivity contribution is 8.12. The Morgan fingerprint density at radius 3 is 3.00 bits per heavy atom. The van der Waals surface area contributed by atoms with Crippen LogP contribution in [0, 0.1) is 0 Å².